The lowest BCUT2D eigenvalue weighted by molar-refractivity contribution is 0.516. The average Bonchev–Trinajstić information content (AvgIpc) is 3.13. The summed E-state index contributed by atoms with van der Waals surface area (Å²) in [6.45, 7) is 6.67. The lowest BCUT2D eigenvalue weighted by Gasteiger charge is -2.04. The molecule has 0 heterocycles. The van der Waals surface area contributed by atoms with Gasteiger partial charge in [-0.2, -0.15) is 0 Å². The molecular weight excluding hydrogens is 593 g/mol. The molecule has 0 amide bonds. The molecule has 274 valence electrons. The number of allylic oxidation sites excluding steroid dienone is 2. The molecule has 2 heteroatoms. The van der Waals surface area contributed by atoms with Crippen molar-refractivity contribution in [2.45, 2.75) is 201 Å². The van der Waals surface area contributed by atoms with Gasteiger partial charge in [0.1, 0.15) is 0 Å². The van der Waals surface area contributed by atoms with Gasteiger partial charge in [0.2, 0.25) is 0 Å². The summed E-state index contributed by atoms with van der Waals surface area (Å²) < 4.78 is 0. The third-order valence-corrected chi connectivity index (χ3v) is 10.1. The fourth-order valence-corrected chi connectivity index (χ4v) is 6.63. The summed E-state index contributed by atoms with van der Waals surface area (Å²) in [5.74, 6) is 0. The van der Waals surface area contributed by atoms with Crippen LogP contribution in [0.5, 0.6) is 0 Å². The van der Waals surface area contributed by atoms with Gasteiger partial charge in [-0.25, -0.2) is 4.99 Å². The Morgan fingerprint density at radius 1 is 0.429 bits per heavy atom. The Morgan fingerprint density at radius 3 is 1.14 bits per heavy atom. The zero-order valence-corrected chi connectivity index (χ0v) is 32.5. The second-order valence-electron chi connectivity index (χ2n) is 14.5. The summed E-state index contributed by atoms with van der Waals surface area (Å²) >= 11 is 0. The van der Waals surface area contributed by atoms with Gasteiger partial charge in [0, 0.05) is 0 Å². The molecule has 0 aromatic heterocycles. The number of nitrogens with zero attached hydrogens (tertiary/aromatic N) is 2. The van der Waals surface area contributed by atoms with Crippen LogP contribution in [0.25, 0.3) is 0 Å². The monoisotopic (exact) mass is 669 g/mol. The summed E-state index contributed by atoms with van der Waals surface area (Å²) in [7, 11) is 0. The molecule has 0 spiro atoms. The van der Waals surface area contributed by atoms with Crippen molar-refractivity contribution in [2.24, 2.45) is 9.98 Å². The van der Waals surface area contributed by atoms with Gasteiger partial charge in [-0.3, -0.25) is 4.99 Å². The average molecular weight is 669 g/mol. The van der Waals surface area contributed by atoms with E-state index in [1.807, 2.05) is 6.21 Å². The van der Waals surface area contributed by atoms with Crippen LogP contribution >= 0.6 is 0 Å². The Kier molecular flexibility index (Phi) is 27.4. The number of benzene rings is 2. The molecule has 0 unspecified atom stereocenters. The molecule has 0 fully saturated rings. The first-order valence-electron chi connectivity index (χ1n) is 21.2. The maximum atomic E-state index is 4.90. The fourth-order valence-electron chi connectivity index (χ4n) is 6.63. The number of aryl methyl sites for hydroxylation is 2. The van der Waals surface area contributed by atoms with Crippen molar-refractivity contribution >= 4 is 23.3 Å². The molecule has 0 atom stereocenters. The molecule has 0 aliphatic heterocycles. The van der Waals surface area contributed by atoms with E-state index >= 15 is 0 Å². The first-order chi connectivity index (χ1) is 24.2. The second-order valence-corrected chi connectivity index (χ2v) is 14.5. The standard InChI is InChI=1S/C47H76N2/c1-4-7-8-9-10-11-12-13-14-15-16-17-18-19-20-21-22-23-24-25-26-27-28-29-30-31-32-33-47(49-46-40-36-44(6-3)37-41-46)42-48-45-38-34-43(5-2)35-39-45/h32-42H,4-31H2,1-3H3. The minimum atomic E-state index is 0.906. The predicted molar refractivity (Wildman–Crippen MR) is 222 cm³/mol. The van der Waals surface area contributed by atoms with Crippen molar-refractivity contribution in [3.8, 4) is 0 Å². The maximum Gasteiger partial charge on any atom is 0.0816 e. The maximum absolute atomic E-state index is 4.90. The van der Waals surface area contributed by atoms with E-state index in [1.165, 1.54) is 172 Å². The van der Waals surface area contributed by atoms with E-state index in [0.29, 0.717) is 0 Å². The summed E-state index contributed by atoms with van der Waals surface area (Å²) in [5.41, 5.74) is 5.54. The lowest BCUT2D eigenvalue weighted by atomic mass is 10.0. The number of rotatable bonds is 32. The molecule has 49 heavy (non-hydrogen) atoms. The highest BCUT2D eigenvalue weighted by Gasteiger charge is 1.98. The lowest BCUT2D eigenvalue weighted by Crippen LogP contribution is -1.95. The Balaban J connectivity index is 1.44. The van der Waals surface area contributed by atoms with E-state index in [0.717, 1.165) is 36.3 Å². The third kappa shape index (κ3) is 24.3. The molecular formula is C47H76N2. The molecule has 0 saturated carbocycles. The molecule has 2 aromatic rings. The quantitative estimate of drug-likeness (QED) is 0.0547. The van der Waals surface area contributed by atoms with Gasteiger partial charge in [-0.1, -0.05) is 205 Å². The van der Waals surface area contributed by atoms with Crippen LogP contribution < -0.4 is 0 Å². The van der Waals surface area contributed by atoms with Gasteiger partial charge in [-0.15, -0.1) is 0 Å². The van der Waals surface area contributed by atoms with Crippen molar-refractivity contribution in [1.82, 2.24) is 0 Å². The van der Waals surface area contributed by atoms with Crippen LogP contribution in [-0.2, 0) is 12.8 Å². The van der Waals surface area contributed by atoms with Gasteiger partial charge in [-0.05, 0) is 67.2 Å². The summed E-state index contributed by atoms with van der Waals surface area (Å²) in [5, 5.41) is 0. The SMILES string of the molecule is CCCCCCCCCCCCCCCCCCCCCCCCCCCC=CC(C=Nc1ccc(CC)cc1)=Nc1ccc(CC)cc1. The molecule has 0 aliphatic rings. The highest BCUT2D eigenvalue weighted by molar-refractivity contribution is 6.36. The molecule has 0 bridgehead atoms. The highest BCUT2D eigenvalue weighted by atomic mass is 14.8. The van der Waals surface area contributed by atoms with E-state index in [2.05, 4.69) is 81.5 Å². The number of aliphatic imine (C=N–C) groups is 2. The largest absolute Gasteiger partial charge is 0.255 e. The van der Waals surface area contributed by atoms with E-state index < -0.39 is 0 Å². The van der Waals surface area contributed by atoms with Gasteiger partial charge in [0.05, 0.1) is 23.3 Å². The van der Waals surface area contributed by atoms with E-state index in [4.69, 9.17) is 9.98 Å². The van der Waals surface area contributed by atoms with Crippen LogP contribution in [0.1, 0.15) is 199 Å². The van der Waals surface area contributed by atoms with E-state index in [-0.39, 0.29) is 0 Å². The molecule has 2 nitrogen and oxygen atoms in total. The van der Waals surface area contributed by atoms with Crippen molar-refractivity contribution < 1.29 is 0 Å². The van der Waals surface area contributed by atoms with Crippen molar-refractivity contribution in [1.29, 1.82) is 0 Å². The van der Waals surface area contributed by atoms with Gasteiger partial charge >= 0.3 is 0 Å². The van der Waals surface area contributed by atoms with Gasteiger partial charge in [0.25, 0.3) is 0 Å². The summed E-state index contributed by atoms with van der Waals surface area (Å²) in [4.78, 5) is 9.62. The molecule has 0 N–H and O–H groups in total. The van der Waals surface area contributed by atoms with E-state index in [1.54, 1.807) is 0 Å². The summed E-state index contributed by atoms with van der Waals surface area (Å²) in [6.07, 6.45) is 45.4. The van der Waals surface area contributed by atoms with Gasteiger partial charge < -0.3 is 0 Å². The Bertz CT molecular complexity index is 1090. The normalized spacial score (nSPS) is 12.2. The minimum absolute atomic E-state index is 0.906. The topological polar surface area (TPSA) is 24.7 Å². The minimum Gasteiger partial charge on any atom is -0.255 e. The molecule has 2 aromatic carbocycles. The highest BCUT2D eigenvalue weighted by Crippen LogP contribution is 2.18. The first-order valence-corrected chi connectivity index (χ1v) is 21.2. The van der Waals surface area contributed by atoms with Crippen molar-refractivity contribution in [3.63, 3.8) is 0 Å². The van der Waals surface area contributed by atoms with Crippen molar-refractivity contribution in [2.75, 3.05) is 0 Å². The summed E-state index contributed by atoms with van der Waals surface area (Å²) in [6, 6.07) is 17.1. The number of hydrogen-bond donors (Lipinski definition) is 0. The van der Waals surface area contributed by atoms with Crippen LogP contribution in [0.3, 0.4) is 0 Å². The predicted octanol–water partition coefficient (Wildman–Crippen LogP) is 16.0. The Morgan fingerprint density at radius 2 is 0.776 bits per heavy atom. The van der Waals surface area contributed by atoms with E-state index in [9.17, 15) is 0 Å². The van der Waals surface area contributed by atoms with Crippen LogP contribution in [0.2, 0.25) is 0 Å². The van der Waals surface area contributed by atoms with Crippen LogP contribution in [0.15, 0.2) is 70.7 Å². The second kappa shape index (κ2) is 31.5. The van der Waals surface area contributed by atoms with Crippen LogP contribution in [0.4, 0.5) is 11.4 Å². The Hall–Kier alpha value is -2.48. The molecule has 0 radical (unpaired) electrons. The van der Waals surface area contributed by atoms with Crippen molar-refractivity contribution in [3.05, 3.63) is 71.8 Å². The third-order valence-electron chi connectivity index (χ3n) is 10.1. The zero-order chi connectivity index (χ0) is 34.9. The molecule has 0 saturated heterocycles. The fraction of sp³-hybridized carbons (Fsp3) is 0.660. The first kappa shape index (κ1) is 42.7. The molecule has 0 aliphatic carbocycles. The van der Waals surface area contributed by atoms with Gasteiger partial charge in [0.15, 0.2) is 0 Å². The number of hydrogen-bond acceptors (Lipinski definition) is 2. The zero-order valence-electron chi connectivity index (χ0n) is 32.5. The molecule has 2 rings (SSSR count). The van der Waals surface area contributed by atoms with Crippen LogP contribution in [0, 0.1) is 0 Å². The smallest absolute Gasteiger partial charge is 0.0816 e. The number of unbranched alkanes of at least 4 members (excludes halogenated alkanes) is 25. The van der Waals surface area contributed by atoms with Crippen LogP contribution in [-0.4, -0.2) is 11.9 Å². The Labute approximate surface area is 304 Å².